The van der Waals surface area contributed by atoms with E-state index in [2.05, 4.69) is 205 Å². The Balaban J connectivity index is 1.14. The van der Waals surface area contributed by atoms with Gasteiger partial charge in [-0.1, -0.05) is 182 Å². The molecule has 0 N–H and O–H groups in total. The van der Waals surface area contributed by atoms with Crippen molar-refractivity contribution in [2.24, 2.45) is 0 Å². The summed E-state index contributed by atoms with van der Waals surface area (Å²) < 4.78 is 2.41. The Bertz CT molecular complexity index is 3220. The number of benzene rings is 8. The van der Waals surface area contributed by atoms with E-state index in [4.69, 9.17) is 9.97 Å². The fourth-order valence-corrected chi connectivity index (χ4v) is 8.36. The van der Waals surface area contributed by atoms with Crippen LogP contribution in [0.3, 0.4) is 0 Å². The van der Waals surface area contributed by atoms with Crippen molar-refractivity contribution in [2.45, 2.75) is 0 Å². The summed E-state index contributed by atoms with van der Waals surface area (Å²) in [6.07, 6.45) is 0. The second-order valence-corrected chi connectivity index (χ2v) is 14.2. The molecule has 8 aromatic carbocycles. The van der Waals surface area contributed by atoms with E-state index in [1.165, 1.54) is 38.1 Å². The van der Waals surface area contributed by atoms with Gasteiger partial charge < -0.3 is 0 Å². The van der Waals surface area contributed by atoms with Gasteiger partial charge in [0, 0.05) is 32.8 Å². The highest BCUT2D eigenvalue weighted by atomic mass is 15.0. The Kier molecular flexibility index (Phi) is 7.17. The predicted octanol–water partition coefficient (Wildman–Crippen LogP) is 13.7. The van der Waals surface area contributed by atoms with Crippen LogP contribution >= 0.6 is 0 Å². The molecule has 0 aliphatic rings. The van der Waals surface area contributed by atoms with E-state index in [1.807, 2.05) is 0 Å². The number of hydrogen-bond acceptors (Lipinski definition) is 2. The minimum absolute atomic E-state index is 0.959. The third-order valence-corrected chi connectivity index (χ3v) is 11.0. The Labute approximate surface area is 318 Å². The first-order valence-electron chi connectivity index (χ1n) is 18.7. The Morgan fingerprint density at radius 3 is 1.73 bits per heavy atom. The molecule has 0 spiro atoms. The summed E-state index contributed by atoms with van der Waals surface area (Å²) in [5.74, 6) is 0. The zero-order chi connectivity index (χ0) is 36.3. The second-order valence-electron chi connectivity index (χ2n) is 14.2. The molecule has 256 valence electrons. The van der Waals surface area contributed by atoms with Crippen molar-refractivity contribution >= 4 is 49.0 Å². The average molecular weight is 700 g/mol. The summed E-state index contributed by atoms with van der Waals surface area (Å²) in [6, 6.07) is 71.4. The number of fused-ring (bicyclic) bond motifs is 9. The molecule has 3 heterocycles. The molecule has 0 saturated heterocycles. The number of hydrogen-bond donors (Lipinski definition) is 0. The molecule has 0 amide bonds. The lowest BCUT2D eigenvalue weighted by Gasteiger charge is -2.15. The van der Waals surface area contributed by atoms with Crippen molar-refractivity contribution < 1.29 is 0 Å². The van der Waals surface area contributed by atoms with Crippen molar-refractivity contribution in [1.29, 1.82) is 0 Å². The molecule has 0 unspecified atom stereocenters. The third kappa shape index (κ3) is 5.13. The molecule has 3 aromatic heterocycles. The van der Waals surface area contributed by atoms with Crippen LogP contribution in [0, 0.1) is 0 Å². The van der Waals surface area contributed by atoms with Crippen molar-refractivity contribution in [3.05, 3.63) is 200 Å². The number of nitrogens with zero attached hydrogens (tertiary/aromatic N) is 3. The molecule has 0 saturated carbocycles. The quantitative estimate of drug-likeness (QED) is 0.167. The van der Waals surface area contributed by atoms with Gasteiger partial charge in [0.1, 0.15) is 5.65 Å². The number of rotatable bonds is 5. The van der Waals surface area contributed by atoms with Gasteiger partial charge in [0.05, 0.1) is 28.1 Å². The highest BCUT2D eigenvalue weighted by molar-refractivity contribution is 6.23. The average Bonchev–Trinajstić information content (AvgIpc) is 3.68. The maximum absolute atomic E-state index is 5.54. The fourth-order valence-electron chi connectivity index (χ4n) is 8.36. The lowest BCUT2D eigenvalue weighted by Crippen LogP contribution is -1.96. The predicted molar refractivity (Wildman–Crippen MR) is 230 cm³/mol. The molecule has 55 heavy (non-hydrogen) atoms. The molecule has 11 rings (SSSR count). The van der Waals surface area contributed by atoms with Crippen molar-refractivity contribution in [3.8, 4) is 56.0 Å². The van der Waals surface area contributed by atoms with Crippen molar-refractivity contribution in [1.82, 2.24) is 14.4 Å². The van der Waals surface area contributed by atoms with Gasteiger partial charge in [-0.3, -0.25) is 4.40 Å². The van der Waals surface area contributed by atoms with Crippen LogP contribution < -0.4 is 0 Å². The molecule has 11 aromatic rings. The van der Waals surface area contributed by atoms with E-state index in [1.54, 1.807) is 0 Å². The summed E-state index contributed by atoms with van der Waals surface area (Å²) >= 11 is 0. The molecule has 0 radical (unpaired) electrons. The standard InChI is InChI=1S/C52H33N3/c1-4-14-35(15-5-1)45-33-47(53-46-23-13-12-22-42(45)46)37-26-24-34(25-27-37)40-29-30-43-44-31-28-36-16-10-11-21-41(36)49(44)52-54-50(38-17-6-2-7-18-38)51(55(52)48(43)32-40)39-19-8-3-9-20-39/h1-33H. The van der Waals surface area contributed by atoms with Gasteiger partial charge in [0.15, 0.2) is 0 Å². The summed E-state index contributed by atoms with van der Waals surface area (Å²) in [4.78, 5) is 10.7. The van der Waals surface area contributed by atoms with E-state index >= 15 is 0 Å². The number of pyridine rings is 2. The summed E-state index contributed by atoms with van der Waals surface area (Å²) in [7, 11) is 0. The molecular formula is C52H33N3. The zero-order valence-corrected chi connectivity index (χ0v) is 29.9. The highest BCUT2D eigenvalue weighted by Gasteiger charge is 2.22. The molecular weight excluding hydrogens is 667 g/mol. The topological polar surface area (TPSA) is 30.2 Å². The largest absolute Gasteiger partial charge is 0.291 e. The highest BCUT2D eigenvalue weighted by Crippen LogP contribution is 2.42. The maximum Gasteiger partial charge on any atom is 0.147 e. The molecule has 0 fully saturated rings. The first-order chi connectivity index (χ1) is 27.3. The second kappa shape index (κ2) is 12.6. The Morgan fingerprint density at radius 2 is 0.964 bits per heavy atom. The monoisotopic (exact) mass is 699 g/mol. The van der Waals surface area contributed by atoms with E-state index in [9.17, 15) is 0 Å². The van der Waals surface area contributed by atoms with Gasteiger partial charge in [-0.2, -0.15) is 0 Å². The van der Waals surface area contributed by atoms with Crippen LogP contribution in [0.4, 0.5) is 0 Å². The fraction of sp³-hybridized carbons (Fsp3) is 0. The normalized spacial score (nSPS) is 11.6. The number of imidazole rings is 1. The van der Waals surface area contributed by atoms with Crippen LogP contribution in [0.25, 0.3) is 105 Å². The first-order valence-corrected chi connectivity index (χ1v) is 18.7. The summed E-state index contributed by atoms with van der Waals surface area (Å²) in [5.41, 5.74) is 14.1. The van der Waals surface area contributed by atoms with Gasteiger partial charge in [0.2, 0.25) is 0 Å². The van der Waals surface area contributed by atoms with Crippen LogP contribution in [0.1, 0.15) is 0 Å². The minimum atomic E-state index is 0.959. The van der Waals surface area contributed by atoms with Gasteiger partial charge in [-0.15, -0.1) is 0 Å². The van der Waals surface area contributed by atoms with Gasteiger partial charge in [-0.25, -0.2) is 9.97 Å². The van der Waals surface area contributed by atoms with Crippen LogP contribution in [-0.4, -0.2) is 14.4 Å². The molecule has 0 bridgehead atoms. The van der Waals surface area contributed by atoms with Gasteiger partial charge in [-0.05, 0) is 56.6 Å². The van der Waals surface area contributed by atoms with Gasteiger partial charge in [0.25, 0.3) is 0 Å². The molecule has 3 heteroatoms. The van der Waals surface area contributed by atoms with Crippen LogP contribution in [-0.2, 0) is 0 Å². The van der Waals surface area contributed by atoms with Crippen LogP contribution in [0.5, 0.6) is 0 Å². The van der Waals surface area contributed by atoms with Gasteiger partial charge >= 0.3 is 0 Å². The summed E-state index contributed by atoms with van der Waals surface area (Å²) in [6.45, 7) is 0. The Morgan fingerprint density at radius 1 is 0.364 bits per heavy atom. The molecule has 0 aliphatic heterocycles. The lowest BCUT2D eigenvalue weighted by atomic mass is 9.96. The van der Waals surface area contributed by atoms with E-state index in [0.717, 1.165) is 67.0 Å². The maximum atomic E-state index is 5.54. The van der Waals surface area contributed by atoms with E-state index < -0.39 is 0 Å². The zero-order valence-electron chi connectivity index (χ0n) is 29.9. The number of aromatic nitrogens is 3. The van der Waals surface area contributed by atoms with Crippen molar-refractivity contribution in [3.63, 3.8) is 0 Å². The summed E-state index contributed by atoms with van der Waals surface area (Å²) in [5, 5.41) is 7.12. The smallest absolute Gasteiger partial charge is 0.147 e. The van der Waals surface area contributed by atoms with E-state index in [-0.39, 0.29) is 0 Å². The van der Waals surface area contributed by atoms with Crippen molar-refractivity contribution in [2.75, 3.05) is 0 Å². The lowest BCUT2D eigenvalue weighted by molar-refractivity contribution is 1.27. The molecule has 0 atom stereocenters. The SMILES string of the molecule is c1ccc(-c2nc3c4c5ccccc5ccc4c4ccc(-c5ccc(-c6cc(-c7ccccc7)c7ccccc7n6)cc5)cc4n3c2-c2ccccc2)cc1. The Hall–Kier alpha value is -7.36. The molecule has 3 nitrogen and oxygen atoms in total. The molecule has 0 aliphatic carbocycles. The van der Waals surface area contributed by atoms with Crippen LogP contribution in [0.2, 0.25) is 0 Å². The van der Waals surface area contributed by atoms with E-state index in [0.29, 0.717) is 0 Å². The number of para-hydroxylation sites is 1. The first kappa shape index (κ1) is 31.2. The minimum Gasteiger partial charge on any atom is -0.291 e. The third-order valence-electron chi connectivity index (χ3n) is 11.0. The van der Waals surface area contributed by atoms with Crippen LogP contribution in [0.15, 0.2) is 200 Å².